The van der Waals surface area contributed by atoms with Crippen LogP contribution in [0, 0.1) is 5.92 Å². The van der Waals surface area contributed by atoms with Crippen LogP contribution in [0.15, 0.2) is 6.20 Å². The van der Waals surface area contributed by atoms with Crippen molar-refractivity contribution in [3.05, 3.63) is 23.3 Å². The Morgan fingerprint density at radius 2 is 2.12 bits per heavy atom. The van der Waals surface area contributed by atoms with E-state index in [0.29, 0.717) is 12.0 Å². The van der Waals surface area contributed by atoms with E-state index in [-0.39, 0.29) is 12.0 Å². The molecule has 1 saturated carbocycles. The maximum atomic E-state index is 13.1. The number of fused-ring (bicyclic) bond motifs is 1. The summed E-state index contributed by atoms with van der Waals surface area (Å²) >= 11 is 0. The normalized spacial score (nSPS) is 29.5. The second-order valence-corrected chi connectivity index (χ2v) is 7.53. The molecule has 1 N–H and O–H groups in total. The molecule has 0 bridgehead atoms. The molecule has 1 aromatic rings. The van der Waals surface area contributed by atoms with Gasteiger partial charge in [0.1, 0.15) is 0 Å². The predicted molar refractivity (Wildman–Crippen MR) is 93.9 cm³/mol. The Morgan fingerprint density at radius 3 is 2.92 bits per heavy atom. The zero-order valence-corrected chi connectivity index (χ0v) is 15.0. The molecule has 2 fully saturated rings. The lowest BCUT2D eigenvalue weighted by Crippen LogP contribution is -2.38. The lowest BCUT2D eigenvalue weighted by atomic mass is 9.86. The maximum absolute atomic E-state index is 13.1. The molecular weight excluding hydrogens is 316 g/mol. The molecule has 3 heterocycles. The van der Waals surface area contributed by atoms with E-state index in [0.717, 1.165) is 76.1 Å². The van der Waals surface area contributed by atoms with E-state index in [9.17, 15) is 4.79 Å². The molecule has 0 radical (unpaired) electrons. The van der Waals surface area contributed by atoms with Gasteiger partial charge < -0.3 is 15.0 Å². The Morgan fingerprint density at radius 1 is 1.28 bits per heavy atom. The molecule has 1 saturated heterocycles. The largest absolute Gasteiger partial charge is 0.381 e. The van der Waals surface area contributed by atoms with Gasteiger partial charge in [-0.3, -0.25) is 4.79 Å². The second-order valence-electron chi connectivity index (χ2n) is 7.53. The third-order valence-corrected chi connectivity index (χ3v) is 6.02. The highest BCUT2D eigenvalue weighted by Crippen LogP contribution is 2.35. The number of likely N-dealkylation sites (tertiary alicyclic amines) is 1. The highest BCUT2D eigenvalue weighted by Gasteiger charge is 2.37. The van der Waals surface area contributed by atoms with Crippen LogP contribution in [0.3, 0.4) is 0 Å². The van der Waals surface area contributed by atoms with Crippen molar-refractivity contribution in [2.75, 3.05) is 20.2 Å². The van der Waals surface area contributed by atoms with Gasteiger partial charge in [-0.05, 0) is 38.5 Å². The number of hydrogen-bond acceptors (Lipinski definition) is 5. The molecule has 0 aromatic carbocycles. The first-order chi connectivity index (χ1) is 12.3. The molecule has 25 heavy (non-hydrogen) atoms. The van der Waals surface area contributed by atoms with E-state index >= 15 is 0 Å². The van der Waals surface area contributed by atoms with Crippen LogP contribution in [0.1, 0.15) is 61.6 Å². The molecule has 2 aliphatic heterocycles. The first kappa shape index (κ1) is 16.9. The Labute approximate surface area is 149 Å². The molecule has 1 aliphatic carbocycles. The predicted octanol–water partition coefficient (Wildman–Crippen LogP) is 1.99. The highest BCUT2D eigenvalue weighted by atomic mass is 16.5. The SMILES string of the molecule is COC1CCC(C(=O)N2CCC[C@H]2c2ncc3c(n2)CCNC3)CC1. The van der Waals surface area contributed by atoms with E-state index in [1.165, 1.54) is 5.56 Å². The Bertz CT molecular complexity index is 628. The van der Waals surface area contributed by atoms with Crippen molar-refractivity contribution in [2.45, 2.75) is 63.6 Å². The number of carbonyl (C=O) groups is 1. The number of nitrogens with one attached hydrogen (secondary N) is 1. The van der Waals surface area contributed by atoms with Gasteiger partial charge in [-0.1, -0.05) is 0 Å². The number of carbonyl (C=O) groups excluding carboxylic acids is 1. The number of nitrogens with zero attached hydrogens (tertiary/aromatic N) is 3. The third kappa shape index (κ3) is 3.42. The molecule has 1 atom stereocenters. The van der Waals surface area contributed by atoms with Gasteiger partial charge in [0.25, 0.3) is 0 Å². The van der Waals surface area contributed by atoms with E-state index in [2.05, 4.69) is 15.2 Å². The summed E-state index contributed by atoms with van der Waals surface area (Å²) in [5.41, 5.74) is 2.35. The van der Waals surface area contributed by atoms with Crippen LogP contribution in [0.5, 0.6) is 0 Å². The lowest BCUT2D eigenvalue weighted by molar-refractivity contribution is -0.138. The topological polar surface area (TPSA) is 67.3 Å². The van der Waals surface area contributed by atoms with Gasteiger partial charge >= 0.3 is 0 Å². The number of hydrogen-bond donors (Lipinski definition) is 1. The molecule has 0 spiro atoms. The minimum Gasteiger partial charge on any atom is -0.381 e. The van der Waals surface area contributed by atoms with Crippen LogP contribution in [-0.4, -0.2) is 47.1 Å². The van der Waals surface area contributed by atoms with Gasteiger partial charge in [0.05, 0.1) is 12.1 Å². The van der Waals surface area contributed by atoms with Gasteiger partial charge in [-0.2, -0.15) is 0 Å². The van der Waals surface area contributed by atoms with Crippen molar-refractivity contribution >= 4 is 5.91 Å². The standard InChI is InChI=1S/C19H28N4O2/c1-25-15-6-4-13(5-7-15)19(24)23-10-2-3-17(23)18-21-12-14-11-20-9-8-16(14)22-18/h12-13,15,17,20H,2-11H2,1H3/t13?,15?,17-/m0/s1. The van der Waals surface area contributed by atoms with Gasteiger partial charge in [-0.25, -0.2) is 9.97 Å². The fourth-order valence-corrected chi connectivity index (χ4v) is 4.49. The summed E-state index contributed by atoms with van der Waals surface area (Å²) in [4.78, 5) is 24.6. The summed E-state index contributed by atoms with van der Waals surface area (Å²) in [6.45, 7) is 2.67. The summed E-state index contributed by atoms with van der Waals surface area (Å²) in [6.07, 6.45) is 9.13. The molecule has 0 unspecified atom stereocenters. The summed E-state index contributed by atoms with van der Waals surface area (Å²) < 4.78 is 5.44. The Kier molecular flexibility index (Phi) is 4.99. The molecule has 6 nitrogen and oxygen atoms in total. The van der Waals surface area contributed by atoms with Crippen LogP contribution in [-0.2, 0) is 22.5 Å². The van der Waals surface area contributed by atoms with Crippen LogP contribution >= 0.6 is 0 Å². The fraction of sp³-hybridized carbons (Fsp3) is 0.737. The zero-order chi connectivity index (χ0) is 17.2. The number of amides is 1. The molecule has 3 aliphatic rings. The maximum Gasteiger partial charge on any atom is 0.226 e. The minimum absolute atomic E-state index is 0.0628. The Hall–Kier alpha value is -1.53. The van der Waals surface area contributed by atoms with Gasteiger partial charge in [0, 0.05) is 56.5 Å². The van der Waals surface area contributed by atoms with Crippen molar-refractivity contribution in [3.8, 4) is 0 Å². The molecule has 1 aromatic heterocycles. The number of rotatable bonds is 3. The lowest BCUT2D eigenvalue weighted by Gasteiger charge is -2.32. The monoisotopic (exact) mass is 344 g/mol. The quantitative estimate of drug-likeness (QED) is 0.908. The van der Waals surface area contributed by atoms with Gasteiger partial charge in [0.15, 0.2) is 5.82 Å². The highest BCUT2D eigenvalue weighted by molar-refractivity contribution is 5.79. The average molecular weight is 344 g/mol. The van der Waals surface area contributed by atoms with Gasteiger partial charge in [-0.15, -0.1) is 0 Å². The first-order valence-electron chi connectivity index (χ1n) is 9.65. The summed E-state index contributed by atoms with van der Waals surface area (Å²) in [5.74, 6) is 1.30. The molecule has 4 rings (SSSR count). The molecule has 1 amide bonds. The zero-order valence-electron chi connectivity index (χ0n) is 15.0. The molecule has 136 valence electrons. The first-order valence-corrected chi connectivity index (χ1v) is 9.65. The van der Waals surface area contributed by atoms with Crippen LogP contribution < -0.4 is 5.32 Å². The van der Waals surface area contributed by atoms with E-state index in [1.54, 1.807) is 7.11 Å². The molecular formula is C19H28N4O2. The Balaban J connectivity index is 1.48. The fourth-order valence-electron chi connectivity index (χ4n) is 4.49. The summed E-state index contributed by atoms with van der Waals surface area (Å²) in [7, 11) is 1.77. The van der Waals surface area contributed by atoms with Crippen LogP contribution in [0.25, 0.3) is 0 Å². The van der Waals surface area contributed by atoms with E-state index in [4.69, 9.17) is 9.72 Å². The minimum atomic E-state index is 0.0628. The number of methoxy groups -OCH3 is 1. The summed E-state index contributed by atoms with van der Waals surface area (Å²) in [5, 5.41) is 3.35. The average Bonchev–Trinajstić information content (AvgIpc) is 3.17. The number of ether oxygens (including phenoxy) is 1. The smallest absolute Gasteiger partial charge is 0.226 e. The van der Waals surface area contributed by atoms with Crippen molar-refractivity contribution in [2.24, 2.45) is 5.92 Å². The van der Waals surface area contributed by atoms with Crippen molar-refractivity contribution in [3.63, 3.8) is 0 Å². The van der Waals surface area contributed by atoms with Gasteiger partial charge in [0.2, 0.25) is 5.91 Å². The second kappa shape index (κ2) is 7.38. The van der Waals surface area contributed by atoms with Crippen molar-refractivity contribution < 1.29 is 9.53 Å². The third-order valence-electron chi connectivity index (χ3n) is 6.02. The number of aromatic nitrogens is 2. The van der Waals surface area contributed by atoms with Crippen LogP contribution in [0.4, 0.5) is 0 Å². The summed E-state index contributed by atoms with van der Waals surface area (Å²) in [6, 6.07) is 0.0628. The van der Waals surface area contributed by atoms with E-state index in [1.807, 2.05) is 6.20 Å². The van der Waals surface area contributed by atoms with Crippen LogP contribution in [0.2, 0.25) is 0 Å². The van der Waals surface area contributed by atoms with E-state index < -0.39 is 0 Å². The van der Waals surface area contributed by atoms with Crippen molar-refractivity contribution in [1.82, 2.24) is 20.2 Å². The van der Waals surface area contributed by atoms with Crippen molar-refractivity contribution in [1.29, 1.82) is 0 Å². The molecule has 6 heteroatoms.